The normalized spacial score (nSPS) is 18.8. The number of para-hydroxylation sites is 2. The lowest BCUT2D eigenvalue weighted by Crippen LogP contribution is -2.48. The Labute approximate surface area is 118 Å². The van der Waals surface area contributed by atoms with Gasteiger partial charge in [-0.1, -0.05) is 12.1 Å². The third-order valence-electron chi connectivity index (χ3n) is 3.33. The predicted molar refractivity (Wildman–Crippen MR) is 80.0 cm³/mol. The van der Waals surface area contributed by atoms with Gasteiger partial charge < -0.3 is 15.0 Å². The van der Waals surface area contributed by atoms with E-state index in [-0.39, 0.29) is 11.9 Å². The topological polar surface area (TPSA) is 41.6 Å². The lowest BCUT2D eigenvalue weighted by molar-refractivity contribution is -0.138. The molecule has 0 saturated heterocycles. The van der Waals surface area contributed by atoms with Crippen molar-refractivity contribution in [1.29, 1.82) is 0 Å². The first-order valence-electron chi connectivity index (χ1n) is 6.38. The van der Waals surface area contributed by atoms with Gasteiger partial charge in [0.1, 0.15) is 5.75 Å². The number of hydrogen-bond acceptors (Lipinski definition) is 4. The van der Waals surface area contributed by atoms with E-state index in [4.69, 9.17) is 4.74 Å². The van der Waals surface area contributed by atoms with Crippen LogP contribution < -0.4 is 10.1 Å². The Morgan fingerprint density at radius 1 is 1.58 bits per heavy atom. The summed E-state index contributed by atoms with van der Waals surface area (Å²) in [6, 6.07) is 7.91. The third kappa shape index (κ3) is 3.15. The third-order valence-corrected chi connectivity index (χ3v) is 4.14. The molecular weight excluding hydrogens is 260 g/mol. The van der Waals surface area contributed by atoms with Crippen LogP contribution in [0.3, 0.4) is 0 Å². The zero-order valence-corrected chi connectivity index (χ0v) is 12.4. The fourth-order valence-electron chi connectivity index (χ4n) is 2.05. The minimum atomic E-state index is -0.441. The molecule has 5 heteroatoms. The van der Waals surface area contributed by atoms with Gasteiger partial charge in [-0.05, 0) is 25.3 Å². The summed E-state index contributed by atoms with van der Waals surface area (Å²) in [4.78, 5) is 14.2. The number of nitrogens with zero attached hydrogens (tertiary/aromatic N) is 1. The summed E-state index contributed by atoms with van der Waals surface area (Å²) in [6.45, 7) is 2.57. The largest absolute Gasteiger partial charge is 0.477 e. The first-order chi connectivity index (χ1) is 9.13. The maximum Gasteiger partial charge on any atom is 0.265 e. The van der Waals surface area contributed by atoms with Gasteiger partial charge in [0.05, 0.1) is 12.2 Å². The fraction of sp³-hybridized carbons (Fsp3) is 0.500. The highest BCUT2D eigenvalue weighted by Crippen LogP contribution is 2.28. The molecule has 1 heterocycles. The molecule has 4 nitrogen and oxygen atoms in total. The van der Waals surface area contributed by atoms with E-state index in [1.165, 1.54) is 0 Å². The number of amides is 1. The van der Waals surface area contributed by atoms with Crippen LogP contribution in [0.5, 0.6) is 5.75 Å². The zero-order chi connectivity index (χ0) is 13.8. The molecule has 1 aliphatic heterocycles. The molecule has 104 valence electrons. The standard InChI is InChI=1S/C14H20N2O2S/c1-10(9-19-3)16(2)14(17)13-8-15-11-6-4-5-7-12(11)18-13/h4-7,10,13,15H,8-9H2,1-3H3. The number of carbonyl (C=O) groups excluding carboxylic acids is 1. The van der Waals surface area contributed by atoms with Crippen LogP contribution >= 0.6 is 11.8 Å². The molecule has 0 aromatic heterocycles. The molecular formula is C14H20N2O2S. The van der Waals surface area contributed by atoms with E-state index in [1.807, 2.05) is 37.6 Å². The van der Waals surface area contributed by atoms with Gasteiger partial charge in [-0.2, -0.15) is 11.8 Å². The van der Waals surface area contributed by atoms with Crippen molar-refractivity contribution in [2.24, 2.45) is 0 Å². The highest BCUT2D eigenvalue weighted by molar-refractivity contribution is 7.98. The van der Waals surface area contributed by atoms with Crippen molar-refractivity contribution >= 4 is 23.4 Å². The van der Waals surface area contributed by atoms with Crippen molar-refractivity contribution in [3.05, 3.63) is 24.3 Å². The van der Waals surface area contributed by atoms with E-state index in [2.05, 4.69) is 12.2 Å². The lowest BCUT2D eigenvalue weighted by Gasteiger charge is -2.32. The molecule has 2 rings (SSSR count). The van der Waals surface area contributed by atoms with E-state index in [0.717, 1.165) is 17.2 Å². The number of carbonyl (C=O) groups is 1. The van der Waals surface area contributed by atoms with Crippen molar-refractivity contribution < 1.29 is 9.53 Å². The van der Waals surface area contributed by atoms with Crippen LogP contribution in [0, 0.1) is 0 Å². The van der Waals surface area contributed by atoms with Crippen molar-refractivity contribution in [2.75, 3.05) is 30.9 Å². The van der Waals surface area contributed by atoms with Gasteiger partial charge in [0.2, 0.25) is 0 Å². The van der Waals surface area contributed by atoms with Crippen LogP contribution in [0.2, 0.25) is 0 Å². The number of anilines is 1. The molecule has 2 unspecified atom stereocenters. The molecule has 2 atom stereocenters. The molecule has 1 aliphatic rings. The SMILES string of the molecule is CSCC(C)N(C)C(=O)C1CNc2ccccc2O1. The first kappa shape index (κ1) is 14.1. The lowest BCUT2D eigenvalue weighted by atomic mass is 10.2. The average molecular weight is 280 g/mol. The number of hydrogen-bond donors (Lipinski definition) is 1. The van der Waals surface area contributed by atoms with E-state index >= 15 is 0 Å². The molecule has 1 N–H and O–H groups in total. The number of likely N-dealkylation sites (N-methyl/N-ethyl adjacent to an activating group) is 1. The van der Waals surface area contributed by atoms with Crippen molar-refractivity contribution in [2.45, 2.75) is 19.1 Å². The number of nitrogens with one attached hydrogen (secondary N) is 1. The minimum absolute atomic E-state index is 0.0311. The van der Waals surface area contributed by atoms with Gasteiger partial charge in [-0.15, -0.1) is 0 Å². The highest BCUT2D eigenvalue weighted by Gasteiger charge is 2.29. The maximum atomic E-state index is 12.4. The van der Waals surface area contributed by atoms with E-state index in [1.54, 1.807) is 16.7 Å². The second kappa shape index (κ2) is 6.19. The van der Waals surface area contributed by atoms with Crippen LogP contribution in [0.4, 0.5) is 5.69 Å². The first-order valence-corrected chi connectivity index (χ1v) is 7.78. The Balaban J connectivity index is 2.02. The molecule has 0 bridgehead atoms. The molecule has 1 aromatic carbocycles. The molecule has 1 aromatic rings. The Hall–Kier alpha value is -1.36. The quantitative estimate of drug-likeness (QED) is 0.917. The number of thioether (sulfide) groups is 1. The second-order valence-corrected chi connectivity index (χ2v) is 5.65. The van der Waals surface area contributed by atoms with E-state index in [0.29, 0.717) is 6.54 Å². The summed E-state index contributed by atoms with van der Waals surface area (Å²) < 4.78 is 5.78. The fourth-order valence-corrected chi connectivity index (χ4v) is 2.75. The summed E-state index contributed by atoms with van der Waals surface area (Å²) in [5.41, 5.74) is 0.950. The zero-order valence-electron chi connectivity index (χ0n) is 11.6. The van der Waals surface area contributed by atoms with Crippen molar-refractivity contribution in [3.8, 4) is 5.75 Å². The number of benzene rings is 1. The summed E-state index contributed by atoms with van der Waals surface area (Å²) in [7, 11) is 1.84. The molecule has 0 spiro atoms. The highest BCUT2D eigenvalue weighted by atomic mass is 32.2. The molecule has 0 radical (unpaired) electrons. The number of fused-ring (bicyclic) bond motifs is 1. The van der Waals surface area contributed by atoms with E-state index in [9.17, 15) is 4.79 Å². The molecule has 1 amide bonds. The van der Waals surface area contributed by atoms with Gasteiger partial charge in [-0.25, -0.2) is 0 Å². The van der Waals surface area contributed by atoms with Crippen molar-refractivity contribution in [1.82, 2.24) is 4.90 Å². The summed E-state index contributed by atoms with van der Waals surface area (Å²) in [5, 5.41) is 3.24. The average Bonchev–Trinajstić information content (AvgIpc) is 2.45. The van der Waals surface area contributed by atoms with Gasteiger partial charge in [0.15, 0.2) is 6.10 Å². The molecule has 0 saturated carbocycles. The molecule has 0 aliphatic carbocycles. The van der Waals surface area contributed by atoms with Gasteiger partial charge in [0, 0.05) is 18.8 Å². The predicted octanol–water partition coefficient (Wildman–Crippen LogP) is 2.07. The van der Waals surface area contributed by atoms with Gasteiger partial charge >= 0.3 is 0 Å². The Bertz CT molecular complexity index is 453. The van der Waals surface area contributed by atoms with E-state index < -0.39 is 6.10 Å². The van der Waals surface area contributed by atoms with Crippen LogP contribution in [-0.2, 0) is 4.79 Å². The molecule has 0 fully saturated rings. The second-order valence-electron chi connectivity index (χ2n) is 4.74. The smallest absolute Gasteiger partial charge is 0.265 e. The van der Waals surface area contributed by atoms with Crippen LogP contribution in [0.1, 0.15) is 6.92 Å². The maximum absolute atomic E-state index is 12.4. The van der Waals surface area contributed by atoms with Crippen LogP contribution in [0.25, 0.3) is 0 Å². The van der Waals surface area contributed by atoms with Crippen molar-refractivity contribution in [3.63, 3.8) is 0 Å². The number of rotatable bonds is 4. The van der Waals surface area contributed by atoms with Gasteiger partial charge in [-0.3, -0.25) is 4.79 Å². The van der Waals surface area contributed by atoms with Crippen LogP contribution in [-0.4, -0.2) is 48.6 Å². The molecule has 19 heavy (non-hydrogen) atoms. The Morgan fingerprint density at radius 2 is 2.32 bits per heavy atom. The monoisotopic (exact) mass is 280 g/mol. The Morgan fingerprint density at radius 3 is 3.05 bits per heavy atom. The van der Waals surface area contributed by atoms with Gasteiger partial charge in [0.25, 0.3) is 5.91 Å². The summed E-state index contributed by atoms with van der Waals surface area (Å²) in [6.07, 6.45) is 1.60. The Kier molecular flexibility index (Phi) is 4.58. The minimum Gasteiger partial charge on any atom is -0.477 e. The van der Waals surface area contributed by atoms with Crippen LogP contribution in [0.15, 0.2) is 24.3 Å². The summed E-state index contributed by atoms with van der Waals surface area (Å²) in [5.74, 6) is 1.71. The summed E-state index contributed by atoms with van der Waals surface area (Å²) >= 11 is 1.74. The number of ether oxygens (including phenoxy) is 1.